The van der Waals surface area contributed by atoms with Gasteiger partial charge >= 0.3 is 0 Å². The number of thiocarbonyl (C=S) groups is 1. The summed E-state index contributed by atoms with van der Waals surface area (Å²) in [4.78, 5) is 27.1. The van der Waals surface area contributed by atoms with E-state index in [1.54, 1.807) is 50.6 Å². The summed E-state index contributed by atoms with van der Waals surface area (Å²) in [6, 6.07) is 10.2. The normalized spacial score (nSPS) is 14.8. The third-order valence-electron chi connectivity index (χ3n) is 4.57. The van der Waals surface area contributed by atoms with Crippen molar-refractivity contribution in [1.82, 2.24) is 4.90 Å². The topological polar surface area (TPSA) is 67.9 Å². The van der Waals surface area contributed by atoms with Gasteiger partial charge in [0.15, 0.2) is 11.5 Å². The molecule has 1 heterocycles. The number of amides is 2. The first-order chi connectivity index (χ1) is 15.3. The molecule has 168 valence electrons. The van der Waals surface area contributed by atoms with Gasteiger partial charge in [0.1, 0.15) is 4.32 Å². The maximum atomic E-state index is 12.8. The number of methoxy groups -OCH3 is 2. The summed E-state index contributed by atoms with van der Waals surface area (Å²) in [7, 11) is 3.12. The molecule has 0 bridgehead atoms. The van der Waals surface area contributed by atoms with Gasteiger partial charge in [-0.2, -0.15) is 0 Å². The maximum absolute atomic E-state index is 12.8. The van der Waals surface area contributed by atoms with Gasteiger partial charge in [-0.3, -0.25) is 14.5 Å². The first kappa shape index (κ1) is 24.4. The summed E-state index contributed by atoms with van der Waals surface area (Å²) in [5, 5.41) is 3.60. The molecule has 1 saturated heterocycles. The van der Waals surface area contributed by atoms with Crippen LogP contribution in [0.5, 0.6) is 11.5 Å². The first-order valence-corrected chi connectivity index (χ1v) is 11.5. The summed E-state index contributed by atoms with van der Waals surface area (Å²) >= 11 is 18.5. The van der Waals surface area contributed by atoms with Gasteiger partial charge in [-0.05, 0) is 48.4 Å². The number of thioether (sulfide) groups is 1. The van der Waals surface area contributed by atoms with Crippen molar-refractivity contribution in [2.45, 2.75) is 12.8 Å². The fourth-order valence-corrected chi connectivity index (χ4v) is 4.75. The minimum absolute atomic E-state index is 0.184. The number of halogens is 2. The van der Waals surface area contributed by atoms with E-state index in [-0.39, 0.29) is 18.2 Å². The van der Waals surface area contributed by atoms with E-state index in [0.29, 0.717) is 49.4 Å². The molecule has 0 radical (unpaired) electrons. The Morgan fingerprint density at radius 1 is 1.16 bits per heavy atom. The minimum atomic E-state index is -0.208. The Balaban J connectivity index is 1.58. The summed E-state index contributed by atoms with van der Waals surface area (Å²) in [6.45, 7) is 0.343. The summed E-state index contributed by atoms with van der Waals surface area (Å²) < 4.78 is 11.0. The minimum Gasteiger partial charge on any atom is -0.493 e. The lowest BCUT2D eigenvalue weighted by molar-refractivity contribution is -0.122. The van der Waals surface area contributed by atoms with Crippen LogP contribution in [0.3, 0.4) is 0 Å². The molecule has 3 rings (SSSR count). The fraction of sp³-hybridized carbons (Fsp3) is 0.227. The van der Waals surface area contributed by atoms with Crippen LogP contribution < -0.4 is 14.8 Å². The van der Waals surface area contributed by atoms with Crippen molar-refractivity contribution in [3.8, 4) is 11.5 Å². The molecule has 2 aromatic rings. The molecular weight excluding hydrogens is 491 g/mol. The number of ether oxygens (including phenoxy) is 2. The number of hydrogen-bond donors (Lipinski definition) is 1. The van der Waals surface area contributed by atoms with Crippen LogP contribution in [0.25, 0.3) is 6.08 Å². The molecule has 6 nitrogen and oxygen atoms in total. The molecule has 1 aliphatic rings. The van der Waals surface area contributed by atoms with Crippen LogP contribution in [0.2, 0.25) is 10.0 Å². The number of hydrogen-bond acceptors (Lipinski definition) is 6. The lowest BCUT2D eigenvalue weighted by atomic mass is 10.2. The monoisotopic (exact) mass is 510 g/mol. The zero-order chi connectivity index (χ0) is 23.3. The molecule has 0 saturated carbocycles. The predicted octanol–water partition coefficient (Wildman–Crippen LogP) is 5.63. The van der Waals surface area contributed by atoms with E-state index in [4.69, 9.17) is 44.9 Å². The van der Waals surface area contributed by atoms with Crippen LogP contribution in [-0.4, -0.2) is 41.8 Å². The molecule has 1 N–H and O–H groups in total. The average Bonchev–Trinajstić information content (AvgIpc) is 3.03. The number of carbonyl (C=O) groups is 2. The molecule has 10 heteroatoms. The zero-order valence-electron chi connectivity index (χ0n) is 17.3. The Morgan fingerprint density at radius 3 is 2.59 bits per heavy atom. The van der Waals surface area contributed by atoms with Gasteiger partial charge in [0.25, 0.3) is 5.91 Å². The second-order valence-corrected chi connectivity index (χ2v) is 9.24. The number of benzene rings is 2. The smallest absolute Gasteiger partial charge is 0.266 e. The van der Waals surface area contributed by atoms with Gasteiger partial charge in [-0.1, -0.05) is 53.2 Å². The number of nitrogens with zero attached hydrogens (tertiary/aromatic N) is 1. The Labute approximate surface area is 205 Å². The van der Waals surface area contributed by atoms with Gasteiger partial charge in [0, 0.05) is 18.0 Å². The quantitative estimate of drug-likeness (QED) is 0.366. The van der Waals surface area contributed by atoms with E-state index in [1.165, 1.54) is 16.7 Å². The highest BCUT2D eigenvalue weighted by Crippen LogP contribution is 2.35. The maximum Gasteiger partial charge on any atom is 0.266 e. The molecule has 2 aromatic carbocycles. The molecule has 0 unspecified atom stereocenters. The summed E-state index contributed by atoms with van der Waals surface area (Å²) in [5.41, 5.74) is 1.28. The van der Waals surface area contributed by atoms with Crippen molar-refractivity contribution in [3.05, 3.63) is 56.9 Å². The van der Waals surface area contributed by atoms with Crippen molar-refractivity contribution in [2.24, 2.45) is 0 Å². The van der Waals surface area contributed by atoms with Crippen molar-refractivity contribution < 1.29 is 19.1 Å². The molecule has 0 aromatic heterocycles. The summed E-state index contributed by atoms with van der Waals surface area (Å²) in [6.07, 6.45) is 2.42. The lowest BCUT2D eigenvalue weighted by Crippen LogP contribution is -2.29. The molecule has 32 heavy (non-hydrogen) atoms. The second kappa shape index (κ2) is 11.0. The Bertz CT molecular complexity index is 1090. The molecule has 0 atom stereocenters. The van der Waals surface area contributed by atoms with Crippen molar-refractivity contribution in [3.63, 3.8) is 0 Å². The zero-order valence-corrected chi connectivity index (χ0v) is 20.5. The fourth-order valence-electron chi connectivity index (χ4n) is 2.99. The number of nitrogens with one attached hydrogen (secondary N) is 1. The van der Waals surface area contributed by atoms with Crippen LogP contribution in [0, 0.1) is 0 Å². The van der Waals surface area contributed by atoms with E-state index in [2.05, 4.69) is 5.32 Å². The predicted molar refractivity (Wildman–Crippen MR) is 134 cm³/mol. The molecule has 0 aliphatic carbocycles. The van der Waals surface area contributed by atoms with Gasteiger partial charge in [-0.25, -0.2) is 0 Å². The van der Waals surface area contributed by atoms with E-state index in [9.17, 15) is 9.59 Å². The van der Waals surface area contributed by atoms with Crippen LogP contribution in [0.15, 0.2) is 41.3 Å². The van der Waals surface area contributed by atoms with Crippen molar-refractivity contribution >= 4 is 75.1 Å². The molecule has 1 fully saturated rings. The highest BCUT2D eigenvalue weighted by molar-refractivity contribution is 8.26. The van der Waals surface area contributed by atoms with E-state index in [0.717, 1.165) is 5.56 Å². The largest absolute Gasteiger partial charge is 0.493 e. The van der Waals surface area contributed by atoms with Crippen LogP contribution in [0.4, 0.5) is 5.69 Å². The Kier molecular flexibility index (Phi) is 8.42. The van der Waals surface area contributed by atoms with E-state index in [1.807, 2.05) is 6.07 Å². The van der Waals surface area contributed by atoms with Crippen molar-refractivity contribution in [2.75, 3.05) is 26.1 Å². The molecule has 0 spiro atoms. The number of anilines is 1. The van der Waals surface area contributed by atoms with Gasteiger partial charge in [-0.15, -0.1) is 0 Å². The highest BCUT2D eigenvalue weighted by atomic mass is 35.5. The van der Waals surface area contributed by atoms with E-state index >= 15 is 0 Å². The van der Waals surface area contributed by atoms with Gasteiger partial charge in [0.05, 0.1) is 29.8 Å². The van der Waals surface area contributed by atoms with Crippen LogP contribution in [0.1, 0.15) is 18.4 Å². The Hall–Kier alpha value is -2.26. The first-order valence-electron chi connectivity index (χ1n) is 9.54. The van der Waals surface area contributed by atoms with Crippen molar-refractivity contribution in [1.29, 1.82) is 0 Å². The molecule has 1 aliphatic heterocycles. The third kappa shape index (κ3) is 5.95. The summed E-state index contributed by atoms with van der Waals surface area (Å²) in [5.74, 6) is 0.787. The highest BCUT2D eigenvalue weighted by Gasteiger charge is 2.31. The molecular formula is C22H20Cl2N2O4S2. The van der Waals surface area contributed by atoms with Crippen LogP contribution in [-0.2, 0) is 9.59 Å². The van der Waals surface area contributed by atoms with Gasteiger partial charge < -0.3 is 14.8 Å². The second-order valence-electron chi connectivity index (χ2n) is 6.72. The van der Waals surface area contributed by atoms with Crippen LogP contribution >= 0.6 is 47.2 Å². The standard InChI is InChI=1S/C22H20Cl2N2O4S2/c1-29-17-8-5-13(10-18(17)30-2)11-19-21(28)26(22(31)32-19)9-3-4-20(27)25-16-7-6-14(23)12-15(16)24/h5-8,10-12H,3-4,9H2,1-2H3,(H,25,27). The molecule has 2 amide bonds. The third-order valence-corrected chi connectivity index (χ3v) is 6.50. The number of rotatable bonds is 8. The van der Waals surface area contributed by atoms with E-state index < -0.39 is 0 Å². The SMILES string of the molecule is COc1ccc(C=C2SC(=S)N(CCCC(=O)Nc3ccc(Cl)cc3Cl)C2=O)cc1OC. The number of carbonyl (C=O) groups excluding carboxylic acids is 2. The Morgan fingerprint density at radius 2 is 1.91 bits per heavy atom. The van der Waals surface area contributed by atoms with Gasteiger partial charge in [0.2, 0.25) is 5.91 Å². The average molecular weight is 511 g/mol. The lowest BCUT2D eigenvalue weighted by Gasteiger charge is -2.14.